The zero-order valence-corrected chi connectivity index (χ0v) is 19.9. The van der Waals surface area contributed by atoms with Crippen LogP contribution in [0.15, 0.2) is 28.7 Å². The summed E-state index contributed by atoms with van der Waals surface area (Å²) in [6, 6.07) is 5.55. The molecule has 1 aliphatic rings. The first-order valence-electron chi connectivity index (χ1n) is 10.7. The fraction of sp³-hybridized carbons (Fsp3) is 0.455. The van der Waals surface area contributed by atoms with Gasteiger partial charge >= 0.3 is 0 Å². The van der Waals surface area contributed by atoms with Crippen molar-refractivity contribution in [2.45, 2.75) is 43.7 Å². The first-order chi connectivity index (χ1) is 15.6. The van der Waals surface area contributed by atoms with Gasteiger partial charge in [-0.3, -0.25) is 9.89 Å². The van der Waals surface area contributed by atoms with Crippen molar-refractivity contribution in [3.63, 3.8) is 0 Å². The van der Waals surface area contributed by atoms with E-state index in [0.29, 0.717) is 21.8 Å². The van der Waals surface area contributed by atoms with Gasteiger partial charge in [-0.05, 0) is 24.5 Å². The van der Waals surface area contributed by atoms with E-state index in [1.807, 2.05) is 23.6 Å². The van der Waals surface area contributed by atoms with Crippen LogP contribution in [0.1, 0.15) is 37.9 Å². The maximum absolute atomic E-state index is 12.4. The van der Waals surface area contributed by atoms with E-state index in [1.54, 1.807) is 14.2 Å². The molecule has 1 saturated carbocycles. The van der Waals surface area contributed by atoms with Crippen LogP contribution in [0.2, 0.25) is 0 Å². The van der Waals surface area contributed by atoms with Crippen LogP contribution in [0.25, 0.3) is 11.3 Å². The molecule has 0 aliphatic heterocycles. The maximum Gasteiger partial charge on any atom is 0.236 e. The van der Waals surface area contributed by atoms with Crippen molar-refractivity contribution in [2.75, 3.05) is 25.3 Å². The van der Waals surface area contributed by atoms with Crippen LogP contribution in [0.3, 0.4) is 0 Å². The number of nitrogens with zero attached hydrogens (tertiary/aromatic N) is 3. The Morgan fingerprint density at radius 2 is 2.09 bits per heavy atom. The number of methoxy groups -OCH3 is 2. The van der Waals surface area contributed by atoms with Crippen molar-refractivity contribution in [3.8, 4) is 22.8 Å². The number of aromatic amines is 1. The van der Waals surface area contributed by atoms with E-state index in [2.05, 4.69) is 25.5 Å². The molecule has 2 N–H and O–H groups in total. The number of hydrogen-bond acceptors (Lipinski definition) is 8. The van der Waals surface area contributed by atoms with Crippen LogP contribution >= 0.6 is 23.1 Å². The second-order valence-corrected chi connectivity index (χ2v) is 9.50. The Hall–Kier alpha value is -2.59. The molecule has 1 aromatic carbocycles. The SMILES string of the molecule is COc1ccc(-c2csc(NC(=O)CSc3n[nH]c(CCC4CCCC4)n3)n2)c(OC)c1. The Bertz CT molecular complexity index is 1050. The first kappa shape index (κ1) is 22.6. The summed E-state index contributed by atoms with van der Waals surface area (Å²) >= 11 is 2.69. The Morgan fingerprint density at radius 3 is 2.88 bits per heavy atom. The zero-order chi connectivity index (χ0) is 22.3. The number of rotatable bonds is 10. The minimum absolute atomic E-state index is 0.144. The highest BCUT2D eigenvalue weighted by molar-refractivity contribution is 7.99. The van der Waals surface area contributed by atoms with Gasteiger partial charge in [0, 0.05) is 23.4 Å². The summed E-state index contributed by atoms with van der Waals surface area (Å²) in [5, 5.41) is 13.1. The number of benzene rings is 1. The minimum atomic E-state index is -0.144. The van der Waals surface area contributed by atoms with Crippen molar-refractivity contribution in [1.29, 1.82) is 0 Å². The maximum atomic E-state index is 12.4. The van der Waals surface area contributed by atoms with Gasteiger partial charge in [0.15, 0.2) is 5.13 Å². The quantitative estimate of drug-likeness (QED) is 0.408. The third-order valence-corrected chi connectivity index (χ3v) is 7.15. The van der Waals surface area contributed by atoms with Gasteiger partial charge < -0.3 is 14.8 Å². The predicted molar refractivity (Wildman–Crippen MR) is 127 cm³/mol. The van der Waals surface area contributed by atoms with Gasteiger partial charge in [0.2, 0.25) is 11.1 Å². The molecule has 8 nitrogen and oxygen atoms in total. The van der Waals surface area contributed by atoms with Crippen LogP contribution < -0.4 is 14.8 Å². The molecule has 0 bridgehead atoms. The number of carbonyl (C=O) groups is 1. The number of thiazole rings is 1. The molecule has 0 spiro atoms. The summed E-state index contributed by atoms with van der Waals surface area (Å²) in [5.41, 5.74) is 1.57. The number of ether oxygens (including phenoxy) is 2. The number of hydrogen-bond donors (Lipinski definition) is 2. The predicted octanol–water partition coefficient (Wildman–Crippen LogP) is 4.80. The first-order valence-corrected chi connectivity index (χ1v) is 12.5. The molecule has 0 unspecified atom stereocenters. The fourth-order valence-corrected chi connectivity index (χ4v) is 5.19. The molecular formula is C22H27N5O3S2. The van der Waals surface area contributed by atoms with E-state index in [1.165, 1.54) is 48.8 Å². The second kappa shape index (κ2) is 10.8. The van der Waals surface area contributed by atoms with Crippen LogP contribution in [0.4, 0.5) is 5.13 Å². The smallest absolute Gasteiger partial charge is 0.236 e. The van der Waals surface area contributed by atoms with Crippen LogP contribution in [0.5, 0.6) is 11.5 Å². The zero-order valence-electron chi connectivity index (χ0n) is 18.2. The van der Waals surface area contributed by atoms with E-state index in [9.17, 15) is 4.79 Å². The summed E-state index contributed by atoms with van der Waals surface area (Å²) < 4.78 is 10.7. The van der Waals surface area contributed by atoms with Gasteiger partial charge in [0.1, 0.15) is 17.3 Å². The molecule has 2 aromatic heterocycles. The fourth-order valence-electron chi connectivity index (χ4n) is 3.84. The van der Waals surface area contributed by atoms with Crippen molar-refractivity contribution in [1.82, 2.24) is 20.2 Å². The van der Waals surface area contributed by atoms with Crippen molar-refractivity contribution in [3.05, 3.63) is 29.4 Å². The highest BCUT2D eigenvalue weighted by Crippen LogP contribution is 2.35. The van der Waals surface area contributed by atoms with Crippen molar-refractivity contribution >= 4 is 34.1 Å². The number of aromatic nitrogens is 4. The van der Waals surface area contributed by atoms with Crippen molar-refractivity contribution in [2.24, 2.45) is 5.92 Å². The summed E-state index contributed by atoms with van der Waals surface area (Å²) in [6.45, 7) is 0. The standard InChI is InChI=1S/C22H27N5O3S2/c1-29-15-8-9-16(18(11-15)30-2)17-12-31-21(23-17)25-20(28)13-32-22-24-19(26-27-22)10-7-14-5-3-4-6-14/h8-9,11-12,14H,3-7,10,13H2,1-2H3,(H,23,25,28)(H,24,26,27). The number of aryl methyl sites for hydroxylation is 1. The molecule has 1 fully saturated rings. The molecule has 170 valence electrons. The lowest BCUT2D eigenvalue weighted by Gasteiger charge is -2.08. The third kappa shape index (κ3) is 5.80. The number of thioether (sulfide) groups is 1. The van der Waals surface area contributed by atoms with Gasteiger partial charge in [0.25, 0.3) is 0 Å². The van der Waals surface area contributed by atoms with E-state index in [-0.39, 0.29) is 11.7 Å². The Kier molecular flexibility index (Phi) is 7.64. The van der Waals surface area contributed by atoms with Gasteiger partial charge in [-0.25, -0.2) is 9.97 Å². The summed E-state index contributed by atoms with van der Waals surface area (Å²) in [4.78, 5) is 21.4. The third-order valence-electron chi connectivity index (χ3n) is 5.54. The van der Waals surface area contributed by atoms with Crippen LogP contribution in [-0.2, 0) is 11.2 Å². The average molecular weight is 474 g/mol. The molecule has 4 rings (SSSR count). The Labute approximate surface area is 195 Å². The van der Waals surface area contributed by atoms with E-state index < -0.39 is 0 Å². The Balaban J connectivity index is 1.27. The lowest BCUT2D eigenvalue weighted by Crippen LogP contribution is -2.13. The number of nitrogens with one attached hydrogen (secondary N) is 2. The molecule has 10 heteroatoms. The molecule has 1 amide bonds. The molecule has 1 aliphatic carbocycles. The lowest BCUT2D eigenvalue weighted by molar-refractivity contribution is -0.113. The minimum Gasteiger partial charge on any atom is -0.497 e. The van der Waals surface area contributed by atoms with E-state index >= 15 is 0 Å². The van der Waals surface area contributed by atoms with Gasteiger partial charge in [-0.15, -0.1) is 16.4 Å². The monoisotopic (exact) mass is 473 g/mol. The molecule has 3 aromatic rings. The van der Waals surface area contributed by atoms with Crippen LogP contribution in [-0.4, -0.2) is 46.0 Å². The van der Waals surface area contributed by atoms with Gasteiger partial charge in [-0.2, -0.15) is 0 Å². The topological polar surface area (TPSA) is 102 Å². The molecule has 0 saturated heterocycles. The Morgan fingerprint density at radius 1 is 1.25 bits per heavy atom. The lowest BCUT2D eigenvalue weighted by atomic mass is 10.0. The molecule has 0 atom stereocenters. The number of anilines is 1. The van der Waals surface area contributed by atoms with E-state index in [4.69, 9.17) is 9.47 Å². The molecule has 32 heavy (non-hydrogen) atoms. The summed E-state index contributed by atoms with van der Waals surface area (Å²) in [7, 11) is 3.21. The van der Waals surface area contributed by atoms with E-state index in [0.717, 1.165) is 35.8 Å². The number of H-pyrrole nitrogens is 1. The highest BCUT2D eigenvalue weighted by Gasteiger charge is 2.16. The average Bonchev–Trinajstić information content (AvgIpc) is 3.58. The number of carbonyl (C=O) groups excluding carboxylic acids is 1. The largest absolute Gasteiger partial charge is 0.497 e. The van der Waals surface area contributed by atoms with Crippen molar-refractivity contribution < 1.29 is 14.3 Å². The molecule has 2 heterocycles. The van der Waals surface area contributed by atoms with Crippen LogP contribution in [0, 0.1) is 5.92 Å². The second-order valence-electron chi connectivity index (χ2n) is 7.69. The van der Waals surface area contributed by atoms with Gasteiger partial charge in [0.05, 0.1) is 25.7 Å². The number of amides is 1. The molecule has 0 radical (unpaired) electrons. The molecular weight excluding hydrogens is 446 g/mol. The normalized spacial score (nSPS) is 13.9. The highest BCUT2D eigenvalue weighted by atomic mass is 32.2. The summed E-state index contributed by atoms with van der Waals surface area (Å²) in [5.74, 6) is 3.17. The summed E-state index contributed by atoms with van der Waals surface area (Å²) in [6.07, 6.45) is 7.45. The van der Waals surface area contributed by atoms with Gasteiger partial charge in [-0.1, -0.05) is 37.4 Å².